The van der Waals surface area contributed by atoms with E-state index in [1.165, 1.54) is 18.2 Å². The van der Waals surface area contributed by atoms with E-state index in [2.05, 4.69) is 15.5 Å². The van der Waals surface area contributed by atoms with Gasteiger partial charge in [-0.2, -0.15) is 0 Å². The zero-order valence-corrected chi connectivity index (χ0v) is 14.7. The molecule has 138 valence electrons. The number of hydrogen-bond donors (Lipinski definition) is 1. The lowest BCUT2D eigenvalue weighted by Crippen LogP contribution is -2.29. The van der Waals surface area contributed by atoms with Gasteiger partial charge in [-0.05, 0) is 35.9 Å². The lowest BCUT2D eigenvalue weighted by molar-refractivity contribution is 0.0937. The maximum atomic E-state index is 13.5. The Kier molecular flexibility index (Phi) is 4.93. The van der Waals surface area contributed by atoms with Gasteiger partial charge in [0.05, 0.1) is 0 Å². The molecule has 1 unspecified atom stereocenters. The molecule has 0 saturated carbocycles. The van der Waals surface area contributed by atoms with E-state index in [0.717, 1.165) is 11.1 Å². The molecular formula is C22H16FN3O2. The van der Waals surface area contributed by atoms with Crippen LogP contribution in [-0.4, -0.2) is 16.1 Å². The summed E-state index contributed by atoms with van der Waals surface area (Å²) < 4.78 is 19.3. The van der Waals surface area contributed by atoms with Gasteiger partial charge >= 0.3 is 0 Å². The molecule has 3 aromatic carbocycles. The smallest absolute Gasteiger partial charge is 0.252 e. The number of carbonyl (C=O) groups excluding carboxylic acids is 1. The molecule has 0 radical (unpaired) electrons. The average molecular weight is 373 g/mol. The molecule has 1 amide bonds. The third-order valence-corrected chi connectivity index (χ3v) is 4.20. The predicted molar refractivity (Wildman–Crippen MR) is 102 cm³/mol. The van der Waals surface area contributed by atoms with Crippen LogP contribution in [0.1, 0.15) is 27.9 Å². The maximum absolute atomic E-state index is 13.5. The van der Waals surface area contributed by atoms with Crippen molar-refractivity contribution in [3.8, 4) is 11.5 Å². The second kappa shape index (κ2) is 7.84. The topological polar surface area (TPSA) is 68.0 Å². The van der Waals surface area contributed by atoms with Crippen molar-refractivity contribution in [1.29, 1.82) is 0 Å². The van der Waals surface area contributed by atoms with Crippen LogP contribution in [0.15, 0.2) is 89.3 Å². The fourth-order valence-corrected chi connectivity index (χ4v) is 2.83. The van der Waals surface area contributed by atoms with Crippen molar-refractivity contribution in [2.75, 3.05) is 0 Å². The Balaban J connectivity index is 1.67. The number of rotatable bonds is 5. The van der Waals surface area contributed by atoms with E-state index >= 15 is 0 Å². The first-order valence-corrected chi connectivity index (χ1v) is 8.71. The molecular weight excluding hydrogens is 357 g/mol. The number of amides is 1. The molecule has 0 aliphatic carbocycles. The third-order valence-electron chi connectivity index (χ3n) is 4.20. The van der Waals surface area contributed by atoms with Crippen LogP contribution in [0.3, 0.4) is 0 Å². The van der Waals surface area contributed by atoms with Crippen molar-refractivity contribution in [2.45, 2.75) is 6.04 Å². The summed E-state index contributed by atoms with van der Waals surface area (Å²) in [7, 11) is 0. The van der Waals surface area contributed by atoms with Gasteiger partial charge in [0.15, 0.2) is 0 Å². The van der Waals surface area contributed by atoms with Crippen molar-refractivity contribution < 1.29 is 13.6 Å². The Hall–Kier alpha value is -3.80. The zero-order chi connectivity index (χ0) is 19.3. The summed E-state index contributed by atoms with van der Waals surface area (Å²) in [5, 5.41) is 11.1. The molecule has 1 N–H and O–H groups in total. The standard InChI is InChI=1S/C22H16FN3O2/c23-18-13-7-12-17(14-18)20(27)24-19(15-8-3-1-4-9-15)22-26-25-21(28-22)16-10-5-2-6-11-16/h1-14,19H,(H,24,27). The van der Waals surface area contributed by atoms with Gasteiger partial charge in [0.2, 0.25) is 11.8 Å². The Bertz CT molecular complexity index is 1080. The van der Waals surface area contributed by atoms with E-state index in [-0.39, 0.29) is 11.5 Å². The third kappa shape index (κ3) is 3.81. The summed E-state index contributed by atoms with van der Waals surface area (Å²) in [4.78, 5) is 12.7. The molecule has 1 heterocycles. The van der Waals surface area contributed by atoms with E-state index in [4.69, 9.17) is 4.42 Å². The molecule has 0 bridgehead atoms. The zero-order valence-electron chi connectivity index (χ0n) is 14.7. The number of aromatic nitrogens is 2. The molecule has 4 aromatic rings. The summed E-state index contributed by atoms with van der Waals surface area (Å²) in [5.74, 6) is -0.313. The average Bonchev–Trinajstić information content (AvgIpc) is 3.23. The molecule has 0 spiro atoms. The highest BCUT2D eigenvalue weighted by Crippen LogP contribution is 2.25. The minimum absolute atomic E-state index is 0.212. The van der Waals surface area contributed by atoms with Crippen molar-refractivity contribution in [2.24, 2.45) is 0 Å². The lowest BCUT2D eigenvalue weighted by atomic mass is 10.1. The molecule has 0 fully saturated rings. The van der Waals surface area contributed by atoms with Gasteiger partial charge < -0.3 is 9.73 Å². The van der Waals surface area contributed by atoms with Crippen LogP contribution < -0.4 is 5.32 Å². The normalized spacial score (nSPS) is 11.8. The summed E-state index contributed by atoms with van der Waals surface area (Å²) in [6.07, 6.45) is 0. The van der Waals surface area contributed by atoms with E-state index in [1.807, 2.05) is 60.7 Å². The summed E-state index contributed by atoms with van der Waals surface area (Å²) in [6, 6.07) is 23.5. The lowest BCUT2D eigenvalue weighted by Gasteiger charge is -2.15. The van der Waals surface area contributed by atoms with Gasteiger partial charge in [0, 0.05) is 11.1 Å². The SMILES string of the molecule is O=C(NC(c1ccccc1)c1nnc(-c2ccccc2)o1)c1cccc(F)c1. The Morgan fingerprint density at radius 3 is 2.32 bits per heavy atom. The molecule has 0 aliphatic rings. The monoisotopic (exact) mass is 373 g/mol. The van der Waals surface area contributed by atoms with E-state index in [1.54, 1.807) is 6.07 Å². The van der Waals surface area contributed by atoms with E-state index < -0.39 is 17.8 Å². The number of nitrogens with one attached hydrogen (secondary N) is 1. The van der Waals surface area contributed by atoms with Crippen LogP contribution >= 0.6 is 0 Å². The molecule has 5 nitrogen and oxygen atoms in total. The maximum Gasteiger partial charge on any atom is 0.252 e. The number of carbonyl (C=O) groups is 1. The van der Waals surface area contributed by atoms with Crippen molar-refractivity contribution in [1.82, 2.24) is 15.5 Å². The number of halogens is 1. The van der Waals surface area contributed by atoms with E-state index in [0.29, 0.717) is 5.89 Å². The predicted octanol–water partition coefficient (Wildman–Crippen LogP) is 4.40. The Morgan fingerprint density at radius 1 is 0.893 bits per heavy atom. The second-order valence-electron chi connectivity index (χ2n) is 6.14. The van der Waals surface area contributed by atoms with Crippen LogP contribution in [-0.2, 0) is 0 Å². The summed E-state index contributed by atoms with van der Waals surface area (Å²) >= 11 is 0. The second-order valence-corrected chi connectivity index (χ2v) is 6.14. The molecule has 1 atom stereocenters. The van der Waals surface area contributed by atoms with Gasteiger partial charge in [-0.25, -0.2) is 4.39 Å². The van der Waals surface area contributed by atoms with Gasteiger partial charge in [0.25, 0.3) is 5.91 Å². The number of nitrogens with zero attached hydrogens (tertiary/aromatic N) is 2. The fraction of sp³-hybridized carbons (Fsp3) is 0.0455. The highest BCUT2D eigenvalue weighted by atomic mass is 19.1. The van der Waals surface area contributed by atoms with Crippen molar-refractivity contribution >= 4 is 5.91 Å². The molecule has 28 heavy (non-hydrogen) atoms. The van der Waals surface area contributed by atoms with Gasteiger partial charge in [-0.3, -0.25) is 4.79 Å². The summed E-state index contributed by atoms with van der Waals surface area (Å²) in [6.45, 7) is 0. The number of hydrogen-bond acceptors (Lipinski definition) is 4. The quantitative estimate of drug-likeness (QED) is 0.563. The molecule has 6 heteroatoms. The molecule has 1 aromatic heterocycles. The van der Waals surface area contributed by atoms with Gasteiger partial charge in [-0.1, -0.05) is 54.6 Å². The Labute approximate surface area is 160 Å². The highest BCUT2D eigenvalue weighted by molar-refractivity contribution is 5.94. The van der Waals surface area contributed by atoms with E-state index in [9.17, 15) is 9.18 Å². The van der Waals surface area contributed by atoms with Gasteiger partial charge in [-0.15, -0.1) is 10.2 Å². The van der Waals surface area contributed by atoms with Crippen LogP contribution in [0.5, 0.6) is 0 Å². The van der Waals surface area contributed by atoms with Crippen molar-refractivity contribution in [3.05, 3.63) is 108 Å². The first-order chi connectivity index (χ1) is 13.7. The Morgan fingerprint density at radius 2 is 1.61 bits per heavy atom. The minimum atomic E-state index is -0.665. The largest absolute Gasteiger partial charge is 0.418 e. The molecule has 0 aliphatic heterocycles. The van der Waals surface area contributed by atoms with Crippen LogP contribution in [0.25, 0.3) is 11.5 Å². The molecule has 4 rings (SSSR count). The van der Waals surface area contributed by atoms with Crippen LogP contribution in [0, 0.1) is 5.82 Å². The van der Waals surface area contributed by atoms with Gasteiger partial charge in [0.1, 0.15) is 11.9 Å². The van der Waals surface area contributed by atoms with Crippen molar-refractivity contribution in [3.63, 3.8) is 0 Å². The van der Waals surface area contributed by atoms with Crippen LogP contribution in [0.4, 0.5) is 4.39 Å². The first kappa shape index (κ1) is 17.6. The fourth-order valence-electron chi connectivity index (χ4n) is 2.83. The number of benzene rings is 3. The highest BCUT2D eigenvalue weighted by Gasteiger charge is 2.24. The molecule has 0 saturated heterocycles. The first-order valence-electron chi connectivity index (χ1n) is 8.71. The van der Waals surface area contributed by atoms with Crippen LogP contribution in [0.2, 0.25) is 0 Å². The minimum Gasteiger partial charge on any atom is -0.418 e. The summed E-state index contributed by atoms with van der Waals surface area (Å²) in [5.41, 5.74) is 1.77.